The van der Waals surface area contributed by atoms with Crippen LogP contribution in [0, 0.1) is 0 Å². The van der Waals surface area contributed by atoms with Crippen molar-refractivity contribution in [2.75, 3.05) is 39.4 Å². The second-order valence-electron chi connectivity index (χ2n) is 6.59. The molecule has 0 saturated carbocycles. The van der Waals surface area contributed by atoms with Crippen LogP contribution in [-0.4, -0.2) is 61.4 Å². The molecular formula is C20H26N4O3S. The summed E-state index contributed by atoms with van der Waals surface area (Å²) in [6, 6.07) is 13.8. The van der Waals surface area contributed by atoms with Gasteiger partial charge in [-0.05, 0) is 42.0 Å². The maximum absolute atomic E-state index is 12.2. The Kier molecular flexibility index (Phi) is 7.41. The van der Waals surface area contributed by atoms with Crippen LogP contribution in [0.4, 0.5) is 0 Å². The molecule has 1 aliphatic heterocycles. The average Bonchev–Trinajstić information content (AvgIpc) is 2.72. The summed E-state index contributed by atoms with van der Waals surface area (Å²) in [4.78, 5) is 14.5. The molecule has 0 spiro atoms. The molecule has 1 heterocycles. The molecule has 1 atom stereocenters. The summed E-state index contributed by atoms with van der Waals surface area (Å²) >= 11 is 5.19. The number of nitrogens with one attached hydrogen (secondary N) is 3. The fourth-order valence-electron chi connectivity index (χ4n) is 2.91. The lowest BCUT2D eigenvalue weighted by atomic mass is 10.1. The van der Waals surface area contributed by atoms with E-state index in [2.05, 4.69) is 21.1 Å². The number of hydrogen-bond acceptors (Lipinski definition) is 5. The zero-order valence-electron chi connectivity index (χ0n) is 15.9. The minimum absolute atomic E-state index is 0.300. The Morgan fingerprint density at radius 1 is 1.18 bits per heavy atom. The van der Waals surface area contributed by atoms with Crippen molar-refractivity contribution in [3.05, 3.63) is 42.5 Å². The van der Waals surface area contributed by atoms with E-state index >= 15 is 0 Å². The first-order chi connectivity index (χ1) is 13.6. The van der Waals surface area contributed by atoms with Crippen molar-refractivity contribution in [1.82, 2.24) is 21.1 Å². The number of nitrogens with zero attached hydrogens (tertiary/aromatic N) is 1. The van der Waals surface area contributed by atoms with E-state index in [1.54, 1.807) is 6.92 Å². The van der Waals surface area contributed by atoms with Crippen molar-refractivity contribution in [3.8, 4) is 5.75 Å². The normalized spacial score (nSPS) is 15.6. The predicted octanol–water partition coefficient (Wildman–Crippen LogP) is 1.43. The SMILES string of the molecule is C[C@@H](Oc1ccc2ccccc2c1)C(=O)NNC(=S)NCCN1CCOCC1. The van der Waals surface area contributed by atoms with E-state index in [4.69, 9.17) is 21.7 Å². The standard InChI is InChI=1S/C20H26N4O3S/c1-15(27-18-7-6-16-4-2-3-5-17(16)14-18)19(25)22-23-20(28)21-8-9-24-10-12-26-13-11-24/h2-7,14-15H,8-13H2,1H3,(H,22,25)(H2,21,23,28)/t15-/m1/s1. The molecule has 1 fully saturated rings. The number of amides is 1. The van der Waals surface area contributed by atoms with E-state index in [0.29, 0.717) is 17.4 Å². The quantitative estimate of drug-likeness (QED) is 0.499. The predicted molar refractivity (Wildman–Crippen MR) is 113 cm³/mol. The first-order valence-corrected chi connectivity index (χ1v) is 9.82. The summed E-state index contributed by atoms with van der Waals surface area (Å²) in [5.74, 6) is 0.345. The number of carbonyl (C=O) groups excluding carboxylic acids is 1. The average molecular weight is 403 g/mol. The Bertz CT molecular complexity index is 811. The molecule has 0 bridgehead atoms. The molecule has 1 amide bonds. The number of ether oxygens (including phenoxy) is 2. The highest BCUT2D eigenvalue weighted by Crippen LogP contribution is 2.21. The Hall–Kier alpha value is -2.42. The van der Waals surface area contributed by atoms with Crippen LogP contribution in [-0.2, 0) is 9.53 Å². The summed E-state index contributed by atoms with van der Waals surface area (Å²) in [6.45, 7) is 6.68. The van der Waals surface area contributed by atoms with E-state index in [1.807, 2.05) is 42.5 Å². The number of hydrogen-bond donors (Lipinski definition) is 3. The molecule has 1 aliphatic rings. The van der Waals surface area contributed by atoms with Crippen molar-refractivity contribution in [3.63, 3.8) is 0 Å². The minimum atomic E-state index is -0.662. The van der Waals surface area contributed by atoms with Gasteiger partial charge < -0.3 is 14.8 Å². The number of benzene rings is 2. The van der Waals surface area contributed by atoms with E-state index < -0.39 is 6.10 Å². The van der Waals surface area contributed by atoms with Gasteiger partial charge in [0.2, 0.25) is 0 Å². The van der Waals surface area contributed by atoms with E-state index in [-0.39, 0.29) is 5.91 Å². The van der Waals surface area contributed by atoms with E-state index in [1.165, 1.54) is 0 Å². The molecule has 8 heteroatoms. The van der Waals surface area contributed by atoms with Gasteiger partial charge in [-0.2, -0.15) is 0 Å². The fraction of sp³-hybridized carbons (Fsp3) is 0.400. The van der Waals surface area contributed by atoms with Crippen molar-refractivity contribution in [2.24, 2.45) is 0 Å². The van der Waals surface area contributed by atoms with Crippen LogP contribution < -0.4 is 20.9 Å². The molecule has 0 aliphatic carbocycles. The monoisotopic (exact) mass is 402 g/mol. The van der Waals surface area contributed by atoms with Crippen molar-refractivity contribution >= 4 is 34.0 Å². The zero-order valence-corrected chi connectivity index (χ0v) is 16.8. The van der Waals surface area contributed by atoms with Gasteiger partial charge in [-0.15, -0.1) is 0 Å². The number of carbonyl (C=O) groups is 1. The lowest BCUT2D eigenvalue weighted by molar-refractivity contribution is -0.127. The molecule has 1 saturated heterocycles. The van der Waals surface area contributed by atoms with Crippen molar-refractivity contribution < 1.29 is 14.3 Å². The highest BCUT2D eigenvalue weighted by atomic mass is 32.1. The molecule has 0 unspecified atom stereocenters. The van der Waals surface area contributed by atoms with Crippen LogP contribution in [0.3, 0.4) is 0 Å². The molecule has 0 aromatic heterocycles. The first kappa shape index (κ1) is 20.3. The van der Waals surface area contributed by atoms with Gasteiger partial charge in [-0.25, -0.2) is 0 Å². The number of rotatable bonds is 6. The van der Waals surface area contributed by atoms with Gasteiger partial charge in [0.05, 0.1) is 13.2 Å². The third-order valence-electron chi connectivity index (χ3n) is 4.52. The van der Waals surface area contributed by atoms with E-state index in [0.717, 1.165) is 43.6 Å². The molecule has 150 valence electrons. The van der Waals surface area contributed by atoms with Crippen LogP contribution in [0.5, 0.6) is 5.75 Å². The van der Waals surface area contributed by atoms with Crippen LogP contribution in [0.2, 0.25) is 0 Å². The van der Waals surface area contributed by atoms with Gasteiger partial charge >= 0.3 is 0 Å². The molecule has 3 rings (SSSR count). The Morgan fingerprint density at radius 3 is 2.71 bits per heavy atom. The summed E-state index contributed by atoms with van der Waals surface area (Å²) in [5, 5.41) is 5.64. The topological polar surface area (TPSA) is 74.9 Å². The summed E-state index contributed by atoms with van der Waals surface area (Å²) < 4.78 is 11.1. The van der Waals surface area contributed by atoms with Crippen LogP contribution in [0.15, 0.2) is 42.5 Å². The van der Waals surface area contributed by atoms with Gasteiger partial charge in [0, 0.05) is 26.2 Å². The summed E-state index contributed by atoms with van der Waals surface area (Å²) in [6.07, 6.45) is -0.662. The van der Waals surface area contributed by atoms with Gasteiger partial charge in [0.1, 0.15) is 5.75 Å². The molecular weight excluding hydrogens is 376 g/mol. The Labute approximate surface area is 170 Å². The van der Waals surface area contributed by atoms with E-state index in [9.17, 15) is 4.79 Å². The molecule has 2 aromatic rings. The number of thiocarbonyl (C=S) groups is 1. The highest BCUT2D eigenvalue weighted by Gasteiger charge is 2.15. The van der Waals surface area contributed by atoms with Crippen LogP contribution in [0.1, 0.15) is 6.92 Å². The number of morpholine rings is 1. The largest absolute Gasteiger partial charge is 0.481 e. The van der Waals surface area contributed by atoms with Gasteiger partial charge in [0.15, 0.2) is 11.2 Å². The smallest absolute Gasteiger partial charge is 0.279 e. The Morgan fingerprint density at radius 2 is 1.93 bits per heavy atom. The molecule has 2 aromatic carbocycles. The zero-order chi connectivity index (χ0) is 19.8. The number of fused-ring (bicyclic) bond motifs is 1. The van der Waals surface area contributed by atoms with Gasteiger partial charge in [0.25, 0.3) is 5.91 Å². The van der Waals surface area contributed by atoms with Crippen molar-refractivity contribution in [1.29, 1.82) is 0 Å². The van der Waals surface area contributed by atoms with Crippen LogP contribution in [0.25, 0.3) is 10.8 Å². The van der Waals surface area contributed by atoms with Gasteiger partial charge in [-0.1, -0.05) is 30.3 Å². The minimum Gasteiger partial charge on any atom is -0.481 e. The Balaban J connectivity index is 1.37. The van der Waals surface area contributed by atoms with Crippen LogP contribution >= 0.6 is 12.2 Å². The molecule has 3 N–H and O–H groups in total. The maximum atomic E-state index is 12.2. The third kappa shape index (κ3) is 6.05. The number of hydrazine groups is 1. The lowest BCUT2D eigenvalue weighted by Crippen LogP contribution is -2.51. The second-order valence-corrected chi connectivity index (χ2v) is 7.00. The maximum Gasteiger partial charge on any atom is 0.279 e. The summed E-state index contributed by atoms with van der Waals surface area (Å²) in [5.41, 5.74) is 5.29. The third-order valence-corrected chi connectivity index (χ3v) is 4.77. The molecule has 28 heavy (non-hydrogen) atoms. The van der Waals surface area contributed by atoms with Crippen molar-refractivity contribution in [2.45, 2.75) is 13.0 Å². The molecule has 7 nitrogen and oxygen atoms in total. The molecule has 0 radical (unpaired) electrons. The second kappa shape index (κ2) is 10.2. The fourth-order valence-corrected chi connectivity index (χ4v) is 3.07. The summed E-state index contributed by atoms with van der Waals surface area (Å²) in [7, 11) is 0. The van der Waals surface area contributed by atoms with Gasteiger partial charge in [-0.3, -0.25) is 20.5 Å². The first-order valence-electron chi connectivity index (χ1n) is 9.41. The lowest BCUT2D eigenvalue weighted by Gasteiger charge is -2.26. The highest BCUT2D eigenvalue weighted by molar-refractivity contribution is 7.80.